The summed E-state index contributed by atoms with van der Waals surface area (Å²) in [7, 11) is 0. The third-order valence-corrected chi connectivity index (χ3v) is 4.17. The molecule has 1 saturated heterocycles. The van der Waals surface area contributed by atoms with Crippen LogP contribution in [-0.4, -0.2) is 32.1 Å². The molecule has 20 heavy (non-hydrogen) atoms. The van der Waals surface area contributed by atoms with Crippen molar-refractivity contribution in [1.82, 2.24) is 10.6 Å². The molecule has 0 unspecified atom stereocenters. The van der Waals surface area contributed by atoms with Crippen LogP contribution in [0.3, 0.4) is 0 Å². The van der Waals surface area contributed by atoms with Gasteiger partial charge in [-0.1, -0.05) is 29.3 Å². The highest BCUT2D eigenvalue weighted by molar-refractivity contribution is 6.42. The molecule has 0 aliphatic carbocycles. The van der Waals surface area contributed by atoms with E-state index in [1.807, 2.05) is 12.1 Å². The van der Waals surface area contributed by atoms with E-state index in [0.29, 0.717) is 23.2 Å². The van der Waals surface area contributed by atoms with E-state index in [9.17, 15) is 4.79 Å². The van der Waals surface area contributed by atoms with Gasteiger partial charge < -0.3 is 15.4 Å². The molecule has 2 rings (SSSR count). The van der Waals surface area contributed by atoms with E-state index in [4.69, 9.17) is 27.9 Å². The molecule has 1 fully saturated rings. The second-order valence-corrected chi connectivity index (χ2v) is 5.70. The number of rotatable bonds is 3. The van der Waals surface area contributed by atoms with Gasteiger partial charge in [0.05, 0.1) is 23.2 Å². The normalized spacial score (nSPS) is 23.1. The molecular weight excluding hydrogens is 299 g/mol. The Kier molecular flexibility index (Phi) is 5.27. The lowest BCUT2D eigenvalue weighted by Gasteiger charge is -2.33. The molecule has 0 bridgehead atoms. The van der Waals surface area contributed by atoms with E-state index in [0.717, 1.165) is 25.1 Å². The van der Waals surface area contributed by atoms with Crippen molar-refractivity contribution in [2.75, 3.05) is 26.2 Å². The summed E-state index contributed by atoms with van der Waals surface area (Å²) in [5.41, 5.74) is 0.369. The van der Waals surface area contributed by atoms with Crippen LogP contribution >= 0.6 is 23.2 Å². The summed E-state index contributed by atoms with van der Waals surface area (Å²) < 4.78 is 6.04. The summed E-state index contributed by atoms with van der Waals surface area (Å²) in [6, 6.07) is 5.48. The molecule has 0 radical (unpaired) electrons. The second kappa shape index (κ2) is 6.76. The van der Waals surface area contributed by atoms with Gasteiger partial charge in [-0.2, -0.15) is 0 Å². The van der Waals surface area contributed by atoms with Gasteiger partial charge in [0, 0.05) is 13.5 Å². The minimum Gasteiger partial charge on any atom is -0.367 e. The summed E-state index contributed by atoms with van der Waals surface area (Å²) in [4.78, 5) is 11.2. The highest BCUT2D eigenvalue weighted by Crippen LogP contribution is 2.34. The van der Waals surface area contributed by atoms with Gasteiger partial charge in [0.1, 0.15) is 5.60 Å². The molecule has 1 heterocycles. The van der Waals surface area contributed by atoms with Crippen molar-refractivity contribution in [2.45, 2.75) is 18.9 Å². The highest BCUT2D eigenvalue weighted by atomic mass is 35.5. The lowest BCUT2D eigenvalue weighted by molar-refractivity contribution is -0.121. The Balaban J connectivity index is 2.32. The van der Waals surface area contributed by atoms with Crippen molar-refractivity contribution in [3.05, 3.63) is 33.8 Å². The zero-order valence-electron chi connectivity index (χ0n) is 11.3. The predicted octanol–water partition coefficient (Wildman–Crippen LogP) is 2.33. The fourth-order valence-corrected chi connectivity index (χ4v) is 2.62. The van der Waals surface area contributed by atoms with Gasteiger partial charge in [0.25, 0.3) is 0 Å². The van der Waals surface area contributed by atoms with Crippen molar-refractivity contribution in [3.63, 3.8) is 0 Å². The van der Waals surface area contributed by atoms with Crippen molar-refractivity contribution in [1.29, 1.82) is 0 Å². The molecule has 1 aromatic carbocycles. The van der Waals surface area contributed by atoms with Crippen LogP contribution in [0.1, 0.15) is 18.9 Å². The van der Waals surface area contributed by atoms with Crippen LogP contribution in [-0.2, 0) is 15.1 Å². The van der Waals surface area contributed by atoms with E-state index >= 15 is 0 Å². The van der Waals surface area contributed by atoms with Gasteiger partial charge in [0.15, 0.2) is 0 Å². The van der Waals surface area contributed by atoms with Gasteiger partial charge in [-0.3, -0.25) is 4.79 Å². The number of carbonyl (C=O) groups excluding carboxylic acids is 1. The Labute approximate surface area is 128 Å². The van der Waals surface area contributed by atoms with E-state index in [2.05, 4.69) is 10.6 Å². The maximum atomic E-state index is 11.2. The zero-order chi connectivity index (χ0) is 14.6. The van der Waals surface area contributed by atoms with E-state index in [1.54, 1.807) is 6.07 Å². The maximum absolute atomic E-state index is 11.2. The summed E-state index contributed by atoms with van der Waals surface area (Å²) in [5, 5.41) is 7.14. The Morgan fingerprint density at radius 2 is 2.20 bits per heavy atom. The average Bonchev–Trinajstić information content (AvgIpc) is 2.66. The summed E-state index contributed by atoms with van der Waals surface area (Å²) in [6.07, 6.45) is 0.755. The van der Waals surface area contributed by atoms with Crippen LogP contribution in [0.2, 0.25) is 10.0 Å². The van der Waals surface area contributed by atoms with Crippen LogP contribution in [0.5, 0.6) is 0 Å². The monoisotopic (exact) mass is 316 g/mol. The molecule has 1 aliphatic heterocycles. The fourth-order valence-electron chi connectivity index (χ4n) is 2.32. The molecule has 1 atom stereocenters. The van der Waals surface area contributed by atoms with Gasteiger partial charge in [-0.05, 0) is 30.7 Å². The average molecular weight is 317 g/mol. The third-order valence-electron chi connectivity index (χ3n) is 3.43. The first kappa shape index (κ1) is 15.6. The van der Waals surface area contributed by atoms with Crippen molar-refractivity contribution in [3.8, 4) is 0 Å². The predicted molar refractivity (Wildman–Crippen MR) is 80.3 cm³/mol. The quantitative estimate of drug-likeness (QED) is 0.900. The van der Waals surface area contributed by atoms with Gasteiger partial charge in [-0.25, -0.2) is 0 Å². The van der Waals surface area contributed by atoms with Crippen LogP contribution in [0, 0.1) is 0 Å². The smallest absolute Gasteiger partial charge is 0.216 e. The standard InChI is InChI=1S/C14H18Cl2N2O2/c1-10(19)18-9-14(4-5-17-6-7-20-14)11-2-3-12(15)13(16)8-11/h2-3,8,17H,4-7,9H2,1H3,(H,18,19)/t14-/m0/s1. The van der Waals surface area contributed by atoms with Gasteiger partial charge in [-0.15, -0.1) is 0 Å². The molecule has 1 aromatic rings. The first-order valence-corrected chi connectivity index (χ1v) is 7.34. The zero-order valence-corrected chi connectivity index (χ0v) is 12.9. The van der Waals surface area contributed by atoms with E-state index in [-0.39, 0.29) is 5.91 Å². The number of amides is 1. The molecule has 2 N–H and O–H groups in total. The summed E-state index contributed by atoms with van der Waals surface area (Å²) in [5.74, 6) is -0.0785. The molecule has 6 heteroatoms. The summed E-state index contributed by atoms with van der Waals surface area (Å²) in [6.45, 7) is 4.11. The summed E-state index contributed by atoms with van der Waals surface area (Å²) >= 11 is 12.1. The fraction of sp³-hybridized carbons (Fsp3) is 0.500. The molecule has 0 saturated carbocycles. The number of hydrogen-bond donors (Lipinski definition) is 2. The molecule has 1 aliphatic rings. The van der Waals surface area contributed by atoms with E-state index in [1.165, 1.54) is 6.92 Å². The van der Waals surface area contributed by atoms with Crippen LogP contribution in [0.15, 0.2) is 18.2 Å². The first-order chi connectivity index (χ1) is 9.53. The number of halogens is 2. The highest BCUT2D eigenvalue weighted by Gasteiger charge is 2.34. The number of ether oxygens (including phenoxy) is 1. The van der Waals surface area contributed by atoms with Crippen LogP contribution in [0.4, 0.5) is 0 Å². The van der Waals surface area contributed by atoms with Crippen molar-refractivity contribution >= 4 is 29.1 Å². The Morgan fingerprint density at radius 3 is 2.90 bits per heavy atom. The number of hydrogen-bond acceptors (Lipinski definition) is 3. The molecule has 0 spiro atoms. The third kappa shape index (κ3) is 3.64. The number of benzene rings is 1. The molecule has 1 amide bonds. The molecule has 0 aromatic heterocycles. The lowest BCUT2D eigenvalue weighted by atomic mass is 9.90. The minimum atomic E-state index is -0.566. The lowest BCUT2D eigenvalue weighted by Crippen LogP contribution is -2.42. The van der Waals surface area contributed by atoms with Gasteiger partial charge in [0.2, 0.25) is 5.91 Å². The Bertz CT molecular complexity index is 486. The maximum Gasteiger partial charge on any atom is 0.216 e. The van der Waals surface area contributed by atoms with Crippen LogP contribution in [0.25, 0.3) is 0 Å². The number of carbonyl (C=O) groups is 1. The van der Waals surface area contributed by atoms with Crippen molar-refractivity contribution < 1.29 is 9.53 Å². The van der Waals surface area contributed by atoms with Gasteiger partial charge >= 0.3 is 0 Å². The Morgan fingerprint density at radius 1 is 1.40 bits per heavy atom. The first-order valence-electron chi connectivity index (χ1n) is 6.58. The number of nitrogens with one attached hydrogen (secondary N) is 2. The van der Waals surface area contributed by atoms with E-state index < -0.39 is 5.60 Å². The SMILES string of the molecule is CC(=O)NC[C@]1(c2ccc(Cl)c(Cl)c2)CCNCCO1. The molecule has 110 valence electrons. The topological polar surface area (TPSA) is 50.4 Å². The molecule has 4 nitrogen and oxygen atoms in total. The van der Waals surface area contributed by atoms with Crippen LogP contribution < -0.4 is 10.6 Å². The second-order valence-electron chi connectivity index (χ2n) is 4.88. The van der Waals surface area contributed by atoms with Crippen molar-refractivity contribution in [2.24, 2.45) is 0 Å². The Hall–Kier alpha value is -0.810. The molecular formula is C14H18Cl2N2O2. The largest absolute Gasteiger partial charge is 0.367 e. The minimum absolute atomic E-state index is 0.0785.